The monoisotopic (exact) mass is 329 g/mol. The summed E-state index contributed by atoms with van der Waals surface area (Å²) in [7, 11) is 1.85. The topological polar surface area (TPSA) is 74.0 Å². The lowest BCUT2D eigenvalue weighted by atomic mass is 9.99. The Bertz CT molecular complexity index is 725. The summed E-state index contributed by atoms with van der Waals surface area (Å²) in [5.41, 5.74) is 1.59. The molecule has 7 heteroatoms. The van der Waals surface area contributed by atoms with E-state index in [1.165, 1.54) is 12.8 Å². The number of ether oxygens (including phenoxy) is 1. The van der Waals surface area contributed by atoms with Crippen molar-refractivity contribution in [3.05, 3.63) is 29.7 Å². The van der Waals surface area contributed by atoms with E-state index in [4.69, 9.17) is 4.74 Å². The number of rotatable bonds is 5. The smallest absolute Gasteiger partial charge is 0.275 e. The molecule has 2 aromatic rings. The van der Waals surface area contributed by atoms with Crippen LogP contribution in [-0.4, -0.2) is 38.7 Å². The summed E-state index contributed by atoms with van der Waals surface area (Å²) in [4.78, 5) is 12.6. The summed E-state index contributed by atoms with van der Waals surface area (Å²) in [6.07, 6.45) is 6.29. The number of aromatic nitrogens is 4. The summed E-state index contributed by atoms with van der Waals surface area (Å²) in [6.45, 7) is 2.36. The lowest BCUT2D eigenvalue weighted by molar-refractivity contribution is 0.0791. The number of aryl methyl sites for hydroxylation is 1. The number of amides is 1. The maximum absolute atomic E-state index is 12.6. The Morgan fingerprint density at radius 1 is 1.42 bits per heavy atom. The second kappa shape index (κ2) is 6.39. The van der Waals surface area contributed by atoms with Crippen molar-refractivity contribution in [3.63, 3.8) is 0 Å². The van der Waals surface area contributed by atoms with Gasteiger partial charge < -0.3 is 10.1 Å². The zero-order valence-electron chi connectivity index (χ0n) is 13.9. The molecule has 1 saturated heterocycles. The van der Waals surface area contributed by atoms with Crippen LogP contribution in [0.4, 0.5) is 5.82 Å². The highest BCUT2D eigenvalue weighted by molar-refractivity contribution is 6.02. The Morgan fingerprint density at radius 2 is 2.29 bits per heavy atom. The van der Waals surface area contributed by atoms with Crippen molar-refractivity contribution in [1.29, 1.82) is 0 Å². The van der Waals surface area contributed by atoms with E-state index in [0.717, 1.165) is 31.7 Å². The lowest BCUT2D eigenvalue weighted by Crippen LogP contribution is -2.19. The van der Waals surface area contributed by atoms with Gasteiger partial charge in [-0.2, -0.15) is 10.2 Å². The fourth-order valence-corrected chi connectivity index (χ4v) is 3.18. The van der Waals surface area contributed by atoms with Crippen LogP contribution in [0.1, 0.15) is 47.8 Å². The van der Waals surface area contributed by atoms with E-state index in [1.807, 2.05) is 13.1 Å². The first-order chi connectivity index (χ1) is 11.7. The van der Waals surface area contributed by atoms with Crippen LogP contribution < -0.4 is 5.32 Å². The van der Waals surface area contributed by atoms with Crippen LogP contribution in [0.25, 0.3) is 0 Å². The highest BCUT2D eigenvalue weighted by atomic mass is 16.5. The number of anilines is 1. The number of hydrogen-bond acceptors (Lipinski definition) is 4. The Labute approximate surface area is 141 Å². The molecule has 1 aliphatic carbocycles. The van der Waals surface area contributed by atoms with Crippen molar-refractivity contribution >= 4 is 11.7 Å². The molecule has 24 heavy (non-hydrogen) atoms. The molecule has 4 rings (SSSR count). The molecule has 1 unspecified atom stereocenters. The molecular weight excluding hydrogens is 306 g/mol. The maximum atomic E-state index is 12.6. The molecule has 0 spiro atoms. The molecule has 2 aromatic heterocycles. The summed E-state index contributed by atoms with van der Waals surface area (Å²) in [5.74, 6) is 1.56. The molecule has 3 heterocycles. The van der Waals surface area contributed by atoms with Crippen molar-refractivity contribution < 1.29 is 9.53 Å². The molecular formula is C17H23N5O2. The third kappa shape index (κ3) is 3.21. The van der Waals surface area contributed by atoms with Crippen LogP contribution in [0.3, 0.4) is 0 Å². The zero-order chi connectivity index (χ0) is 16.5. The first-order valence-electron chi connectivity index (χ1n) is 8.65. The Kier molecular flexibility index (Phi) is 4.10. The molecule has 1 N–H and O–H groups in total. The van der Waals surface area contributed by atoms with E-state index < -0.39 is 0 Å². The summed E-state index contributed by atoms with van der Waals surface area (Å²) >= 11 is 0. The Hall–Kier alpha value is -2.15. The average molecular weight is 329 g/mol. The predicted octanol–water partition coefficient (Wildman–Crippen LogP) is 2.17. The van der Waals surface area contributed by atoms with Gasteiger partial charge in [0.15, 0.2) is 0 Å². The van der Waals surface area contributed by atoms with Crippen LogP contribution in [0.15, 0.2) is 18.3 Å². The fourth-order valence-electron chi connectivity index (χ4n) is 3.18. The normalized spacial score (nSPS) is 21.0. The molecule has 2 aliphatic rings. The van der Waals surface area contributed by atoms with Crippen molar-refractivity contribution in [3.8, 4) is 0 Å². The van der Waals surface area contributed by atoms with Gasteiger partial charge in [-0.25, -0.2) is 0 Å². The Balaban J connectivity index is 1.47. The van der Waals surface area contributed by atoms with Crippen molar-refractivity contribution in [2.75, 3.05) is 18.5 Å². The number of nitrogens with zero attached hydrogens (tertiary/aromatic N) is 4. The van der Waals surface area contributed by atoms with E-state index in [0.29, 0.717) is 30.0 Å². The van der Waals surface area contributed by atoms with E-state index in [9.17, 15) is 4.79 Å². The van der Waals surface area contributed by atoms with Gasteiger partial charge in [-0.1, -0.05) is 0 Å². The van der Waals surface area contributed by atoms with Gasteiger partial charge >= 0.3 is 0 Å². The zero-order valence-corrected chi connectivity index (χ0v) is 13.9. The minimum atomic E-state index is -0.136. The second-order valence-corrected chi connectivity index (χ2v) is 6.79. The van der Waals surface area contributed by atoms with Gasteiger partial charge in [0.1, 0.15) is 11.5 Å². The van der Waals surface area contributed by atoms with Gasteiger partial charge in [0.25, 0.3) is 5.91 Å². The molecule has 1 amide bonds. The minimum absolute atomic E-state index is 0.136. The van der Waals surface area contributed by atoms with Crippen LogP contribution in [0.5, 0.6) is 0 Å². The SMILES string of the molecule is Cn1nc(C2CCCOC2)cc1NC(=O)c1ccnn1CC1CC1. The average Bonchev–Trinajstić information content (AvgIpc) is 3.15. The Morgan fingerprint density at radius 3 is 3.04 bits per heavy atom. The quantitative estimate of drug-likeness (QED) is 0.912. The van der Waals surface area contributed by atoms with Gasteiger partial charge in [0.2, 0.25) is 0 Å². The first kappa shape index (κ1) is 15.4. The van der Waals surface area contributed by atoms with Crippen molar-refractivity contribution in [2.24, 2.45) is 13.0 Å². The summed E-state index contributed by atoms with van der Waals surface area (Å²) < 4.78 is 9.07. The van der Waals surface area contributed by atoms with E-state index in [-0.39, 0.29) is 5.91 Å². The summed E-state index contributed by atoms with van der Waals surface area (Å²) in [5, 5.41) is 11.8. The van der Waals surface area contributed by atoms with E-state index >= 15 is 0 Å². The minimum Gasteiger partial charge on any atom is -0.381 e. The van der Waals surface area contributed by atoms with Crippen molar-refractivity contribution in [2.45, 2.75) is 38.1 Å². The third-order valence-electron chi connectivity index (χ3n) is 4.80. The molecule has 0 aromatic carbocycles. The number of nitrogens with one attached hydrogen (secondary N) is 1. The fraction of sp³-hybridized carbons (Fsp3) is 0.588. The van der Waals surface area contributed by atoms with Gasteiger partial charge in [0, 0.05) is 38.4 Å². The van der Waals surface area contributed by atoms with Gasteiger partial charge in [-0.15, -0.1) is 0 Å². The van der Waals surface area contributed by atoms with Crippen LogP contribution in [0.2, 0.25) is 0 Å². The third-order valence-corrected chi connectivity index (χ3v) is 4.80. The highest BCUT2D eigenvalue weighted by Crippen LogP contribution is 2.31. The highest BCUT2D eigenvalue weighted by Gasteiger charge is 2.25. The molecule has 2 fully saturated rings. The molecule has 0 radical (unpaired) electrons. The van der Waals surface area contributed by atoms with E-state index in [1.54, 1.807) is 21.6 Å². The number of carbonyl (C=O) groups is 1. The number of hydrogen-bond donors (Lipinski definition) is 1. The molecule has 1 atom stereocenters. The lowest BCUT2D eigenvalue weighted by Gasteiger charge is -2.19. The van der Waals surface area contributed by atoms with Gasteiger partial charge in [-0.05, 0) is 37.7 Å². The standard InChI is InChI=1S/C17H23N5O2/c1-21-16(9-14(20-21)13-3-2-8-24-11-13)19-17(23)15-6-7-18-22(15)10-12-4-5-12/h6-7,9,12-13H,2-5,8,10-11H2,1H3,(H,19,23). The maximum Gasteiger partial charge on any atom is 0.275 e. The molecule has 1 saturated carbocycles. The summed E-state index contributed by atoms with van der Waals surface area (Å²) in [6, 6.07) is 3.73. The second-order valence-electron chi connectivity index (χ2n) is 6.79. The molecule has 0 bridgehead atoms. The molecule has 1 aliphatic heterocycles. The van der Waals surface area contributed by atoms with Crippen LogP contribution in [0, 0.1) is 5.92 Å². The largest absolute Gasteiger partial charge is 0.381 e. The molecule has 128 valence electrons. The molecule has 7 nitrogen and oxygen atoms in total. The van der Waals surface area contributed by atoms with Gasteiger partial charge in [0.05, 0.1) is 12.3 Å². The van der Waals surface area contributed by atoms with Crippen molar-refractivity contribution in [1.82, 2.24) is 19.6 Å². The predicted molar refractivity (Wildman–Crippen MR) is 88.9 cm³/mol. The van der Waals surface area contributed by atoms with E-state index in [2.05, 4.69) is 15.5 Å². The van der Waals surface area contributed by atoms with Gasteiger partial charge in [-0.3, -0.25) is 14.2 Å². The van der Waals surface area contributed by atoms with Crippen LogP contribution in [-0.2, 0) is 18.3 Å². The van der Waals surface area contributed by atoms with Crippen LogP contribution >= 0.6 is 0 Å². The first-order valence-corrected chi connectivity index (χ1v) is 8.65. The number of carbonyl (C=O) groups excluding carboxylic acids is 1.